The number of benzene rings is 1. The van der Waals surface area contributed by atoms with E-state index in [1.54, 1.807) is 6.92 Å². The van der Waals surface area contributed by atoms with Gasteiger partial charge < -0.3 is 10.2 Å². The van der Waals surface area contributed by atoms with E-state index in [9.17, 15) is 14.4 Å². The first-order chi connectivity index (χ1) is 13.9. The van der Waals surface area contributed by atoms with Crippen molar-refractivity contribution in [2.75, 3.05) is 6.54 Å². The maximum Gasteiger partial charge on any atom is 0.325 e. The van der Waals surface area contributed by atoms with Gasteiger partial charge in [-0.2, -0.15) is 0 Å². The van der Waals surface area contributed by atoms with Crippen molar-refractivity contribution in [3.63, 3.8) is 0 Å². The van der Waals surface area contributed by atoms with Gasteiger partial charge in [0.15, 0.2) is 5.54 Å². The van der Waals surface area contributed by atoms with Crippen LogP contribution in [0.3, 0.4) is 0 Å². The fraction of sp³-hybridized carbons (Fsp3) is 0.409. The third-order valence-corrected chi connectivity index (χ3v) is 6.99. The molecule has 2 heterocycles. The molecule has 4 rings (SSSR count). The number of hydrogen-bond donors (Lipinski definition) is 1. The smallest absolute Gasteiger partial charge is 0.325 e. The molecule has 1 aromatic heterocycles. The van der Waals surface area contributed by atoms with E-state index in [1.807, 2.05) is 52.7 Å². The van der Waals surface area contributed by atoms with E-state index in [0.717, 1.165) is 28.2 Å². The molecule has 4 amide bonds. The highest BCUT2D eigenvalue weighted by atomic mass is 32.1. The Labute approximate surface area is 174 Å². The molecule has 7 heteroatoms. The molecule has 1 aliphatic carbocycles. The number of nitrogens with zero attached hydrogens (tertiary/aromatic N) is 2. The Kier molecular flexibility index (Phi) is 5.17. The van der Waals surface area contributed by atoms with Crippen molar-refractivity contribution in [3.8, 4) is 0 Å². The van der Waals surface area contributed by atoms with E-state index in [-0.39, 0.29) is 24.4 Å². The van der Waals surface area contributed by atoms with Crippen LogP contribution in [-0.4, -0.2) is 40.2 Å². The lowest BCUT2D eigenvalue weighted by atomic mass is 10.0. The summed E-state index contributed by atoms with van der Waals surface area (Å²) in [6.07, 6.45) is 2.22. The Bertz CT molecular complexity index is 911. The van der Waals surface area contributed by atoms with Crippen molar-refractivity contribution in [2.45, 2.75) is 44.8 Å². The summed E-state index contributed by atoms with van der Waals surface area (Å²) in [4.78, 5) is 42.5. The fourth-order valence-corrected chi connectivity index (χ4v) is 4.70. The monoisotopic (exact) mass is 411 g/mol. The van der Waals surface area contributed by atoms with Crippen molar-refractivity contribution in [1.29, 1.82) is 0 Å². The SMILES string of the molecule is CC(C1CC1)N(Cc1ccccc1)C(=O)CN1C(=O)NC(C)(c2cccs2)C1=O. The van der Waals surface area contributed by atoms with Gasteiger partial charge in [-0.25, -0.2) is 4.79 Å². The number of urea groups is 1. The third kappa shape index (κ3) is 3.79. The molecule has 0 spiro atoms. The molecule has 2 fully saturated rings. The van der Waals surface area contributed by atoms with Crippen molar-refractivity contribution in [3.05, 3.63) is 58.3 Å². The first-order valence-corrected chi connectivity index (χ1v) is 10.8. The fourth-order valence-electron chi connectivity index (χ4n) is 3.87. The normalized spacial score (nSPS) is 22.5. The minimum atomic E-state index is -1.11. The Balaban J connectivity index is 1.52. The van der Waals surface area contributed by atoms with Gasteiger partial charge in [-0.05, 0) is 49.6 Å². The van der Waals surface area contributed by atoms with Gasteiger partial charge in [0.1, 0.15) is 6.54 Å². The molecule has 2 atom stereocenters. The van der Waals surface area contributed by atoms with Crippen molar-refractivity contribution >= 4 is 29.2 Å². The molecule has 1 N–H and O–H groups in total. The first kappa shape index (κ1) is 19.6. The minimum absolute atomic E-state index is 0.0761. The standard InChI is InChI=1S/C22H25N3O3S/c1-15(17-10-11-17)24(13-16-7-4-3-5-8-16)19(26)14-25-20(27)22(2,23-21(25)28)18-9-6-12-29-18/h3-9,12,15,17H,10-11,13-14H2,1-2H3,(H,23,28). The molecule has 6 nitrogen and oxygen atoms in total. The topological polar surface area (TPSA) is 69.7 Å². The predicted molar refractivity (Wildman–Crippen MR) is 111 cm³/mol. The van der Waals surface area contributed by atoms with Gasteiger partial charge in [0.25, 0.3) is 5.91 Å². The molecule has 0 radical (unpaired) electrons. The Morgan fingerprint density at radius 3 is 2.59 bits per heavy atom. The van der Waals surface area contributed by atoms with Crippen LogP contribution in [0.4, 0.5) is 4.79 Å². The lowest BCUT2D eigenvalue weighted by Crippen LogP contribution is -2.47. The van der Waals surface area contributed by atoms with Gasteiger partial charge in [-0.3, -0.25) is 14.5 Å². The molecule has 1 saturated heterocycles. The zero-order valence-electron chi connectivity index (χ0n) is 16.6. The number of carbonyl (C=O) groups excluding carboxylic acids is 3. The quantitative estimate of drug-likeness (QED) is 0.711. The first-order valence-electron chi connectivity index (χ1n) is 9.91. The van der Waals surface area contributed by atoms with Crippen molar-refractivity contribution in [1.82, 2.24) is 15.1 Å². The summed E-state index contributed by atoms with van der Waals surface area (Å²) in [6.45, 7) is 3.98. The largest absolute Gasteiger partial charge is 0.334 e. The summed E-state index contributed by atoms with van der Waals surface area (Å²) < 4.78 is 0. The summed E-state index contributed by atoms with van der Waals surface area (Å²) in [5.41, 5.74) is -0.0771. The number of amides is 4. The third-order valence-electron chi connectivity index (χ3n) is 5.89. The molecular formula is C22H25N3O3S. The Morgan fingerprint density at radius 2 is 1.97 bits per heavy atom. The van der Waals surface area contributed by atoms with Crippen LogP contribution >= 0.6 is 11.3 Å². The highest BCUT2D eigenvalue weighted by Crippen LogP contribution is 2.36. The summed E-state index contributed by atoms with van der Waals surface area (Å²) in [5, 5.41) is 4.64. The van der Waals surface area contributed by atoms with Gasteiger partial charge in [-0.15, -0.1) is 11.3 Å². The number of rotatable bonds is 7. The van der Waals surface area contributed by atoms with E-state index in [0.29, 0.717) is 12.5 Å². The number of nitrogens with one attached hydrogen (secondary N) is 1. The molecule has 0 bridgehead atoms. The maximum atomic E-state index is 13.2. The second-order valence-corrected chi connectivity index (χ2v) is 8.96. The molecule has 2 aromatic rings. The van der Waals surface area contributed by atoms with Gasteiger partial charge in [-0.1, -0.05) is 36.4 Å². The number of thiophene rings is 1. The van der Waals surface area contributed by atoms with Crippen LogP contribution < -0.4 is 5.32 Å². The minimum Gasteiger partial charge on any atom is -0.334 e. The molecule has 29 heavy (non-hydrogen) atoms. The van der Waals surface area contributed by atoms with E-state index in [1.165, 1.54) is 11.3 Å². The lowest BCUT2D eigenvalue weighted by molar-refractivity contribution is -0.140. The van der Waals surface area contributed by atoms with Gasteiger partial charge in [0.2, 0.25) is 5.91 Å². The van der Waals surface area contributed by atoms with E-state index < -0.39 is 11.6 Å². The highest BCUT2D eigenvalue weighted by molar-refractivity contribution is 7.10. The Hall–Kier alpha value is -2.67. The van der Waals surface area contributed by atoms with Crippen molar-refractivity contribution in [2.24, 2.45) is 5.92 Å². The van der Waals surface area contributed by atoms with Crippen LogP contribution in [-0.2, 0) is 21.7 Å². The second kappa shape index (κ2) is 7.63. The highest BCUT2D eigenvalue weighted by Gasteiger charge is 2.50. The van der Waals surface area contributed by atoms with E-state index in [2.05, 4.69) is 12.2 Å². The second-order valence-electron chi connectivity index (χ2n) is 8.01. The molecule has 152 valence electrons. The van der Waals surface area contributed by atoms with E-state index >= 15 is 0 Å². The summed E-state index contributed by atoms with van der Waals surface area (Å²) in [6, 6.07) is 13.0. The van der Waals surface area contributed by atoms with Gasteiger partial charge >= 0.3 is 6.03 Å². The van der Waals surface area contributed by atoms with Crippen LogP contribution in [0.15, 0.2) is 47.8 Å². The van der Waals surface area contributed by atoms with Crippen molar-refractivity contribution < 1.29 is 14.4 Å². The summed E-state index contributed by atoms with van der Waals surface area (Å²) in [5.74, 6) is -0.0913. The molecule has 2 unspecified atom stereocenters. The summed E-state index contributed by atoms with van der Waals surface area (Å²) in [7, 11) is 0. The lowest BCUT2D eigenvalue weighted by Gasteiger charge is -2.31. The van der Waals surface area contributed by atoms with Crippen LogP contribution in [0.5, 0.6) is 0 Å². The molecule has 1 aromatic carbocycles. The summed E-state index contributed by atoms with van der Waals surface area (Å²) >= 11 is 1.41. The van der Waals surface area contributed by atoms with E-state index in [4.69, 9.17) is 0 Å². The molecule has 1 saturated carbocycles. The average molecular weight is 412 g/mol. The van der Waals surface area contributed by atoms with Crippen LogP contribution in [0.25, 0.3) is 0 Å². The maximum absolute atomic E-state index is 13.2. The average Bonchev–Trinajstić information content (AvgIpc) is 3.37. The number of imide groups is 1. The zero-order valence-corrected chi connectivity index (χ0v) is 17.4. The van der Waals surface area contributed by atoms with Gasteiger partial charge in [0, 0.05) is 17.5 Å². The molecule has 1 aliphatic heterocycles. The van der Waals surface area contributed by atoms with Crippen LogP contribution in [0, 0.1) is 5.92 Å². The molecular weight excluding hydrogens is 386 g/mol. The van der Waals surface area contributed by atoms with Crippen LogP contribution in [0.1, 0.15) is 37.1 Å². The predicted octanol–water partition coefficient (Wildman–Crippen LogP) is 3.34. The van der Waals surface area contributed by atoms with Crippen LogP contribution in [0.2, 0.25) is 0 Å². The molecule has 2 aliphatic rings. The number of carbonyl (C=O) groups is 3. The Morgan fingerprint density at radius 1 is 1.24 bits per heavy atom. The van der Waals surface area contributed by atoms with Gasteiger partial charge in [0.05, 0.1) is 0 Å². The zero-order chi connectivity index (χ0) is 20.6. The number of hydrogen-bond acceptors (Lipinski definition) is 4.